The Hall–Kier alpha value is -1.55. The standard InChI is InChI=1S/C11H15N3O/c12-11(13-15)5-6-14-7-9-3-1-2-4-10(9)8-14/h1-4,15H,5-8H2,(H2,12,13). The highest BCUT2D eigenvalue weighted by Gasteiger charge is 2.17. The minimum Gasteiger partial charge on any atom is -0.409 e. The first-order chi connectivity index (χ1) is 7.29. The topological polar surface area (TPSA) is 61.8 Å². The van der Waals surface area contributed by atoms with E-state index < -0.39 is 0 Å². The summed E-state index contributed by atoms with van der Waals surface area (Å²) in [6.45, 7) is 2.77. The molecule has 1 aliphatic heterocycles. The van der Waals surface area contributed by atoms with Crippen LogP contribution in [0.3, 0.4) is 0 Å². The molecule has 4 heteroatoms. The summed E-state index contributed by atoms with van der Waals surface area (Å²) < 4.78 is 0. The molecule has 0 aromatic heterocycles. The molecule has 0 saturated carbocycles. The highest BCUT2D eigenvalue weighted by Crippen LogP contribution is 2.21. The molecular formula is C11H15N3O. The molecule has 3 N–H and O–H groups in total. The molecule has 1 aromatic rings. The van der Waals surface area contributed by atoms with Crippen LogP contribution in [0.1, 0.15) is 17.5 Å². The number of amidine groups is 1. The largest absolute Gasteiger partial charge is 0.409 e. The molecule has 0 aliphatic carbocycles. The first-order valence-corrected chi connectivity index (χ1v) is 5.05. The summed E-state index contributed by atoms with van der Waals surface area (Å²) in [4.78, 5) is 2.29. The molecule has 0 saturated heterocycles. The van der Waals surface area contributed by atoms with Crippen LogP contribution in [0.5, 0.6) is 0 Å². The van der Waals surface area contributed by atoms with Gasteiger partial charge in [0.05, 0.1) is 0 Å². The predicted octanol–water partition coefficient (Wildman–Crippen LogP) is 1.14. The quantitative estimate of drug-likeness (QED) is 0.336. The SMILES string of the molecule is NC(CCN1Cc2ccccc2C1)=NO. The maximum absolute atomic E-state index is 8.43. The van der Waals surface area contributed by atoms with Gasteiger partial charge in [-0.15, -0.1) is 0 Å². The van der Waals surface area contributed by atoms with Crippen LogP contribution in [0.25, 0.3) is 0 Å². The Labute approximate surface area is 89.0 Å². The molecule has 2 rings (SSSR count). The third kappa shape index (κ3) is 2.27. The highest BCUT2D eigenvalue weighted by atomic mass is 16.4. The molecule has 4 nitrogen and oxygen atoms in total. The maximum atomic E-state index is 8.43. The van der Waals surface area contributed by atoms with Crippen molar-refractivity contribution in [2.45, 2.75) is 19.5 Å². The summed E-state index contributed by atoms with van der Waals surface area (Å²) in [6.07, 6.45) is 0.616. The second-order valence-electron chi connectivity index (χ2n) is 3.82. The van der Waals surface area contributed by atoms with Gasteiger partial charge < -0.3 is 10.9 Å². The van der Waals surface area contributed by atoms with E-state index in [0.29, 0.717) is 12.3 Å². The third-order valence-corrected chi connectivity index (χ3v) is 2.72. The van der Waals surface area contributed by atoms with E-state index in [1.54, 1.807) is 0 Å². The van der Waals surface area contributed by atoms with E-state index >= 15 is 0 Å². The number of oxime groups is 1. The summed E-state index contributed by atoms with van der Waals surface area (Å²) >= 11 is 0. The summed E-state index contributed by atoms with van der Waals surface area (Å²) in [5.41, 5.74) is 8.20. The van der Waals surface area contributed by atoms with E-state index in [9.17, 15) is 0 Å². The number of hydrogen-bond acceptors (Lipinski definition) is 3. The Morgan fingerprint density at radius 1 is 1.33 bits per heavy atom. The van der Waals surface area contributed by atoms with Gasteiger partial charge in [-0.1, -0.05) is 29.4 Å². The van der Waals surface area contributed by atoms with Crippen molar-refractivity contribution in [1.29, 1.82) is 0 Å². The van der Waals surface area contributed by atoms with Crippen LogP contribution in [0.2, 0.25) is 0 Å². The Morgan fingerprint density at radius 3 is 2.47 bits per heavy atom. The van der Waals surface area contributed by atoms with E-state index in [1.807, 2.05) is 0 Å². The van der Waals surface area contributed by atoms with Gasteiger partial charge in [0.25, 0.3) is 0 Å². The Morgan fingerprint density at radius 2 is 1.93 bits per heavy atom. The molecule has 0 amide bonds. The van der Waals surface area contributed by atoms with Gasteiger partial charge in [-0.25, -0.2) is 0 Å². The molecule has 0 unspecified atom stereocenters. The minimum atomic E-state index is 0.297. The molecular weight excluding hydrogens is 190 g/mol. The van der Waals surface area contributed by atoms with Crippen molar-refractivity contribution in [2.75, 3.05) is 6.54 Å². The Bertz CT molecular complexity index is 351. The molecule has 1 aliphatic rings. The van der Waals surface area contributed by atoms with Gasteiger partial charge in [-0.3, -0.25) is 4.90 Å². The fourth-order valence-corrected chi connectivity index (χ4v) is 1.88. The van der Waals surface area contributed by atoms with Gasteiger partial charge in [0.2, 0.25) is 0 Å². The summed E-state index contributed by atoms with van der Waals surface area (Å²) in [5, 5.41) is 11.4. The first kappa shape index (κ1) is 9.98. The van der Waals surface area contributed by atoms with Gasteiger partial charge in [0.15, 0.2) is 0 Å². The molecule has 0 bridgehead atoms. The molecule has 1 aromatic carbocycles. The lowest BCUT2D eigenvalue weighted by Crippen LogP contribution is -2.23. The summed E-state index contributed by atoms with van der Waals surface area (Å²) in [6, 6.07) is 8.43. The fourth-order valence-electron chi connectivity index (χ4n) is 1.88. The molecule has 0 fully saturated rings. The van der Waals surface area contributed by atoms with Gasteiger partial charge in [-0.2, -0.15) is 0 Å². The van der Waals surface area contributed by atoms with Crippen molar-refractivity contribution in [3.8, 4) is 0 Å². The van der Waals surface area contributed by atoms with E-state index in [2.05, 4.69) is 34.3 Å². The second kappa shape index (κ2) is 4.31. The normalized spacial score (nSPS) is 16.7. The molecule has 0 radical (unpaired) electrons. The number of benzene rings is 1. The lowest BCUT2D eigenvalue weighted by molar-refractivity contribution is 0.287. The average Bonchev–Trinajstić information content (AvgIpc) is 2.68. The Balaban J connectivity index is 1.91. The van der Waals surface area contributed by atoms with E-state index in [0.717, 1.165) is 19.6 Å². The van der Waals surface area contributed by atoms with Crippen molar-refractivity contribution < 1.29 is 5.21 Å². The number of hydrogen-bond donors (Lipinski definition) is 2. The lowest BCUT2D eigenvalue weighted by atomic mass is 10.1. The zero-order valence-electron chi connectivity index (χ0n) is 8.56. The van der Waals surface area contributed by atoms with Crippen LogP contribution >= 0.6 is 0 Å². The van der Waals surface area contributed by atoms with Gasteiger partial charge in [0.1, 0.15) is 5.84 Å². The highest BCUT2D eigenvalue weighted by molar-refractivity contribution is 5.79. The minimum absolute atomic E-state index is 0.297. The van der Waals surface area contributed by atoms with Crippen LogP contribution in [0.15, 0.2) is 29.4 Å². The predicted molar refractivity (Wildman–Crippen MR) is 58.6 cm³/mol. The lowest BCUT2D eigenvalue weighted by Gasteiger charge is -2.13. The van der Waals surface area contributed by atoms with Crippen molar-refractivity contribution in [1.82, 2.24) is 4.90 Å². The second-order valence-corrected chi connectivity index (χ2v) is 3.82. The van der Waals surface area contributed by atoms with Crippen molar-refractivity contribution in [2.24, 2.45) is 10.9 Å². The van der Waals surface area contributed by atoms with Crippen molar-refractivity contribution in [3.05, 3.63) is 35.4 Å². The van der Waals surface area contributed by atoms with E-state index in [-0.39, 0.29) is 0 Å². The van der Waals surface area contributed by atoms with Crippen LogP contribution in [0.4, 0.5) is 0 Å². The number of fused-ring (bicyclic) bond motifs is 1. The van der Waals surface area contributed by atoms with Gasteiger partial charge in [-0.05, 0) is 11.1 Å². The molecule has 0 atom stereocenters. The zero-order chi connectivity index (χ0) is 10.7. The number of nitrogens with zero attached hydrogens (tertiary/aromatic N) is 2. The van der Waals surface area contributed by atoms with Crippen molar-refractivity contribution >= 4 is 5.84 Å². The number of nitrogens with two attached hydrogens (primary N) is 1. The van der Waals surface area contributed by atoms with Crippen LogP contribution in [-0.4, -0.2) is 22.5 Å². The van der Waals surface area contributed by atoms with Crippen LogP contribution < -0.4 is 5.73 Å². The van der Waals surface area contributed by atoms with E-state index in [4.69, 9.17) is 10.9 Å². The van der Waals surface area contributed by atoms with Crippen LogP contribution in [0, 0.1) is 0 Å². The molecule has 1 heterocycles. The fraction of sp³-hybridized carbons (Fsp3) is 0.364. The summed E-state index contributed by atoms with van der Waals surface area (Å²) in [5.74, 6) is 0.297. The maximum Gasteiger partial charge on any atom is 0.140 e. The Kier molecular flexibility index (Phi) is 2.87. The first-order valence-electron chi connectivity index (χ1n) is 5.05. The molecule has 0 spiro atoms. The van der Waals surface area contributed by atoms with Crippen molar-refractivity contribution in [3.63, 3.8) is 0 Å². The third-order valence-electron chi connectivity index (χ3n) is 2.72. The number of rotatable bonds is 3. The van der Waals surface area contributed by atoms with E-state index in [1.165, 1.54) is 11.1 Å². The van der Waals surface area contributed by atoms with Crippen LogP contribution in [-0.2, 0) is 13.1 Å². The summed E-state index contributed by atoms with van der Waals surface area (Å²) in [7, 11) is 0. The van der Waals surface area contributed by atoms with Gasteiger partial charge in [0, 0.05) is 26.1 Å². The molecule has 15 heavy (non-hydrogen) atoms. The molecule has 80 valence electrons. The van der Waals surface area contributed by atoms with Gasteiger partial charge >= 0.3 is 0 Å². The average molecular weight is 205 g/mol. The zero-order valence-corrected chi connectivity index (χ0v) is 8.56. The monoisotopic (exact) mass is 205 g/mol. The smallest absolute Gasteiger partial charge is 0.140 e.